The summed E-state index contributed by atoms with van der Waals surface area (Å²) in [5.74, 6) is -0.216. The first kappa shape index (κ1) is 25.1. The number of rotatable bonds is 8. The maximum atomic E-state index is 12.5. The number of anilines is 1. The van der Waals surface area contributed by atoms with Crippen molar-refractivity contribution in [2.75, 3.05) is 45.2 Å². The van der Waals surface area contributed by atoms with Gasteiger partial charge in [-0.3, -0.25) is 14.6 Å². The lowest BCUT2D eigenvalue weighted by Crippen LogP contribution is -2.45. The van der Waals surface area contributed by atoms with E-state index in [-0.39, 0.29) is 5.91 Å². The zero-order valence-corrected chi connectivity index (χ0v) is 21.9. The Balaban J connectivity index is 1.23. The van der Waals surface area contributed by atoms with E-state index in [9.17, 15) is 4.79 Å². The van der Waals surface area contributed by atoms with Gasteiger partial charge in [0.2, 0.25) is 0 Å². The summed E-state index contributed by atoms with van der Waals surface area (Å²) >= 11 is 3.57. The van der Waals surface area contributed by atoms with Gasteiger partial charge >= 0.3 is 0 Å². The van der Waals surface area contributed by atoms with Gasteiger partial charge in [0, 0.05) is 63.4 Å². The second kappa shape index (κ2) is 12.1. The number of hydrazone groups is 1. The van der Waals surface area contributed by atoms with Gasteiger partial charge in [-0.15, -0.1) is 0 Å². The molecule has 7 heteroatoms. The van der Waals surface area contributed by atoms with E-state index >= 15 is 0 Å². The third kappa shape index (κ3) is 7.24. The minimum absolute atomic E-state index is 0.216. The number of carbonyl (C=O) groups excluding carboxylic acids is 1. The van der Waals surface area contributed by atoms with Gasteiger partial charge < -0.3 is 4.90 Å². The third-order valence-corrected chi connectivity index (χ3v) is 6.80. The van der Waals surface area contributed by atoms with Gasteiger partial charge in [0.05, 0.1) is 11.9 Å². The molecule has 6 nitrogen and oxygen atoms in total. The molecule has 0 atom stereocenters. The molecule has 1 fully saturated rings. The van der Waals surface area contributed by atoms with Crippen molar-refractivity contribution in [1.82, 2.24) is 15.2 Å². The summed E-state index contributed by atoms with van der Waals surface area (Å²) < 4.78 is 0.978. The van der Waals surface area contributed by atoms with Gasteiger partial charge in [-0.05, 0) is 56.9 Å². The molecule has 0 aliphatic carbocycles. The van der Waals surface area contributed by atoms with Crippen molar-refractivity contribution in [2.45, 2.75) is 13.1 Å². The van der Waals surface area contributed by atoms with E-state index in [2.05, 4.69) is 66.6 Å². The Labute approximate surface area is 216 Å². The second-order valence-corrected chi connectivity index (χ2v) is 9.89. The Morgan fingerprint density at radius 2 is 1.51 bits per heavy atom. The molecule has 4 rings (SSSR count). The number of piperazine rings is 1. The highest BCUT2D eigenvalue weighted by Gasteiger charge is 2.17. The van der Waals surface area contributed by atoms with E-state index in [0.717, 1.165) is 55.0 Å². The summed E-state index contributed by atoms with van der Waals surface area (Å²) in [5.41, 5.74) is 7.79. The van der Waals surface area contributed by atoms with E-state index in [1.807, 2.05) is 61.5 Å². The van der Waals surface area contributed by atoms with Crippen molar-refractivity contribution in [2.24, 2.45) is 5.10 Å². The van der Waals surface area contributed by atoms with Crippen LogP contribution in [0.4, 0.5) is 5.69 Å². The Hall–Kier alpha value is -3.00. The van der Waals surface area contributed by atoms with E-state index in [1.165, 1.54) is 11.1 Å². The zero-order chi connectivity index (χ0) is 24.6. The molecular weight excluding hydrogens is 502 g/mol. The molecule has 0 unspecified atom stereocenters. The number of benzene rings is 3. The number of amides is 1. The maximum absolute atomic E-state index is 12.5. The summed E-state index contributed by atoms with van der Waals surface area (Å²) in [4.78, 5) is 19.5. The van der Waals surface area contributed by atoms with Crippen molar-refractivity contribution in [3.63, 3.8) is 0 Å². The van der Waals surface area contributed by atoms with E-state index < -0.39 is 0 Å². The molecule has 1 aliphatic heterocycles. The fourth-order valence-electron chi connectivity index (χ4n) is 4.16. The number of nitrogens with zero attached hydrogens (tertiary/aromatic N) is 4. The predicted molar refractivity (Wildman–Crippen MR) is 147 cm³/mol. The second-order valence-electron chi connectivity index (χ2n) is 9.04. The quantitative estimate of drug-likeness (QED) is 0.339. The van der Waals surface area contributed by atoms with Crippen LogP contribution in [0.2, 0.25) is 0 Å². The average Bonchev–Trinajstić information content (AvgIpc) is 2.86. The molecule has 0 saturated carbocycles. The van der Waals surface area contributed by atoms with Crippen molar-refractivity contribution < 1.29 is 4.79 Å². The summed E-state index contributed by atoms with van der Waals surface area (Å²) in [6.45, 7) is 6.16. The van der Waals surface area contributed by atoms with Crippen LogP contribution in [0.15, 0.2) is 82.4 Å². The molecule has 35 heavy (non-hydrogen) atoms. The van der Waals surface area contributed by atoms with Gasteiger partial charge in [-0.2, -0.15) is 5.10 Å². The number of hydrogen-bond acceptors (Lipinski definition) is 5. The lowest BCUT2D eigenvalue weighted by molar-refractivity contribution is 0.0955. The Bertz CT molecular complexity index is 1140. The topological polar surface area (TPSA) is 51.2 Å². The van der Waals surface area contributed by atoms with Crippen LogP contribution < -0.4 is 10.3 Å². The first-order chi connectivity index (χ1) is 17.0. The molecule has 0 bridgehead atoms. The van der Waals surface area contributed by atoms with Crippen LogP contribution in [-0.4, -0.2) is 62.2 Å². The van der Waals surface area contributed by atoms with Crippen molar-refractivity contribution in [3.05, 3.63) is 99.5 Å². The number of nitrogens with one attached hydrogen (secondary N) is 1. The Morgan fingerprint density at radius 3 is 2.09 bits per heavy atom. The SMILES string of the molecule is CN(C)c1ccc(/C=N\NC(=O)c2ccc(CN3CCN(Cc4ccccc4)CC3)cc2)cc1Br. The summed E-state index contributed by atoms with van der Waals surface area (Å²) in [7, 11) is 3.99. The van der Waals surface area contributed by atoms with Crippen molar-refractivity contribution >= 4 is 33.7 Å². The number of halogens is 1. The van der Waals surface area contributed by atoms with E-state index in [1.54, 1.807) is 6.21 Å². The number of carbonyl (C=O) groups is 1. The smallest absolute Gasteiger partial charge is 0.271 e. The van der Waals surface area contributed by atoms with Gasteiger partial charge in [0.1, 0.15) is 0 Å². The molecule has 3 aromatic rings. The molecule has 3 aromatic carbocycles. The largest absolute Gasteiger partial charge is 0.377 e. The van der Waals surface area contributed by atoms with Crippen molar-refractivity contribution in [3.8, 4) is 0 Å². The maximum Gasteiger partial charge on any atom is 0.271 e. The molecule has 1 saturated heterocycles. The molecule has 0 radical (unpaired) electrons. The summed E-state index contributed by atoms with van der Waals surface area (Å²) in [6.07, 6.45) is 1.65. The molecular formula is C28H32BrN5O. The van der Waals surface area contributed by atoms with Gasteiger partial charge in [-0.1, -0.05) is 48.5 Å². The highest BCUT2D eigenvalue weighted by molar-refractivity contribution is 9.10. The fourth-order valence-corrected chi connectivity index (χ4v) is 4.91. The normalized spacial score (nSPS) is 14.8. The molecule has 1 N–H and O–H groups in total. The first-order valence-corrected chi connectivity index (χ1v) is 12.6. The molecule has 1 amide bonds. The van der Waals surface area contributed by atoms with Crippen molar-refractivity contribution in [1.29, 1.82) is 0 Å². The highest BCUT2D eigenvalue weighted by Crippen LogP contribution is 2.25. The summed E-state index contributed by atoms with van der Waals surface area (Å²) in [6, 6.07) is 24.4. The van der Waals surface area contributed by atoms with Crippen LogP contribution in [-0.2, 0) is 13.1 Å². The molecule has 1 heterocycles. The van der Waals surface area contributed by atoms with Crippen LogP contribution in [0.1, 0.15) is 27.0 Å². The van der Waals surface area contributed by atoms with Crippen LogP contribution >= 0.6 is 15.9 Å². The average molecular weight is 535 g/mol. The lowest BCUT2D eigenvalue weighted by Gasteiger charge is -2.34. The Kier molecular flexibility index (Phi) is 8.69. The Morgan fingerprint density at radius 1 is 0.914 bits per heavy atom. The van der Waals surface area contributed by atoms with E-state index in [0.29, 0.717) is 5.56 Å². The molecule has 182 valence electrons. The lowest BCUT2D eigenvalue weighted by atomic mass is 10.1. The fraction of sp³-hybridized carbons (Fsp3) is 0.286. The highest BCUT2D eigenvalue weighted by atomic mass is 79.9. The number of hydrogen-bond donors (Lipinski definition) is 1. The van der Waals surface area contributed by atoms with Gasteiger partial charge in [-0.25, -0.2) is 5.43 Å². The van der Waals surface area contributed by atoms with Crippen LogP contribution in [0, 0.1) is 0 Å². The van der Waals surface area contributed by atoms with Gasteiger partial charge in [0.25, 0.3) is 5.91 Å². The minimum atomic E-state index is -0.216. The van der Waals surface area contributed by atoms with E-state index in [4.69, 9.17) is 0 Å². The molecule has 0 aromatic heterocycles. The third-order valence-electron chi connectivity index (χ3n) is 6.17. The van der Waals surface area contributed by atoms with Crippen LogP contribution in [0.3, 0.4) is 0 Å². The zero-order valence-electron chi connectivity index (χ0n) is 20.3. The van der Waals surface area contributed by atoms with Crippen LogP contribution in [0.5, 0.6) is 0 Å². The molecule has 0 spiro atoms. The predicted octanol–water partition coefficient (Wildman–Crippen LogP) is 4.60. The van der Waals surface area contributed by atoms with Gasteiger partial charge in [0.15, 0.2) is 0 Å². The standard InChI is InChI=1S/C28H32BrN5O/c1-32(2)27-13-10-24(18-26(27)29)19-30-31-28(35)25-11-8-23(9-12-25)21-34-16-14-33(15-17-34)20-22-6-4-3-5-7-22/h3-13,18-19H,14-17,20-21H2,1-2H3,(H,31,35)/b30-19-. The first-order valence-electron chi connectivity index (χ1n) is 11.9. The van der Waals surface area contributed by atoms with Crippen LogP contribution in [0.25, 0.3) is 0 Å². The monoisotopic (exact) mass is 533 g/mol. The molecule has 1 aliphatic rings. The summed E-state index contributed by atoms with van der Waals surface area (Å²) in [5, 5.41) is 4.11. The minimum Gasteiger partial charge on any atom is -0.377 e.